The first-order chi connectivity index (χ1) is 7.93. The van der Waals surface area contributed by atoms with Gasteiger partial charge in [-0.1, -0.05) is 0 Å². The largest absolute Gasteiger partial charge is 0.348 e. The second-order valence-corrected chi connectivity index (χ2v) is 3.76. The monoisotopic (exact) mass is 212 g/mol. The Morgan fingerprint density at radius 2 is 1.38 bits per heavy atom. The third-order valence-electron chi connectivity index (χ3n) is 2.89. The van der Waals surface area contributed by atoms with Gasteiger partial charge < -0.3 is 15.0 Å². The van der Waals surface area contributed by atoms with Gasteiger partial charge in [-0.05, 0) is 0 Å². The van der Waals surface area contributed by atoms with Crippen molar-refractivity contribution in [1.29, 1.82) is 0 Å². The van der Waals surface area contributed by atoms with Crippen molar-refractivity contribution >= 4 is 0 Å². The number of rotatable bonds is 0. The second kappa shape index (κ2) is 2.60. The van der Waals surface area contributed by atoms with E-state index in [9.17, 15) is 0 Å². The van der Waals surface area contributed by atoms with Crippen LogP contribution in [0.4, 0.5) is 0 Å². The van der Waals surface area contributed by atoms with Crippen LogP contribution in [-0.4, -0.2) is 29.9 Å². The molecule has 1 aliphatic carbocycles. The van der Waals surface area contributed by atoms with Crippen LogP contribution in [0, 0.1) is 0 Å². The molecule has 1 aliphatic rings. The van der Waals surface area contributed by atoms with Crippen LogP contribution in [0.25, 0.3) is 22.8 Å². The van der Waals surface area contributed by atoms with Crippen molar-refractivity contribution in [3.63, 3.8) is 0 Å². The highest BCUT2D eigenvalue weighted by atomic mass is 15.0. The lowest BCUT2D eigenvalue weighted by Crippen LogP contribution is -1.90. The van der Waals surface area contributed by atoms with Crippen molar-refractivity contribution in [3.05, 3.63) is 30.4 Å². The van der Waals surface area contributed by atoms with Crippen molar-refractivity contribution in [2.75, 3.05) is 0 Å². The fourth-order valence-electron chi connectivity index (χ4n) is 2.16. The van der Waals surface area contributed by atoms with Gasteiger partial charge >= 0.3 is 0 Å². The number of aromatic amines is 3. The number of nitrogens with one attached hydrogen (secondary N) is 3. The highest BCUT2D eigenvalue weighted by Crippen LogP contribution is 2.34. The Balaban J connectivity index is 2.14. The topological polar surface area (TPSA) is 86.0 Å². The molecule has 3 N–H and O–H groups in total. The minimum Gasteiger partial charge on any atom is -0.348 e. The van der Waals surface area contributed by atoms with Gasteiger partial charge in [-0.2, -0.15) is 0 Å². The third kappa shape index (κ3) is 0.837. The van der Waals surface area contributed by atoms with Gasteiger partial charge in [-0.25, -0.2) is 15.0 Å². The maximum atomic E-state index is 4.32. The molecule has 0 spiro atoms. The Hall–Kier alpha value is -2.37. The summed E-state index contributed by atoms with van der Waals surface area (Å²) in [5.41, 5.74) is 5.77. The molecule has 0 amide bonds. The molecule has 6 heteroatoms. The molecular formula is C10H8N6. The van der Waals surface area contributed by atoms with Crippen molar-refractivity contribution in [1.82, 2.24) is 29.9 Å². The number of H-pyrrole nitrogens is 3. The van der Waals surface area contributed by atoms with E-state index in [0.29, 0.717) is 0 Å². The Kier molecular flexibility index (Phi) is 1.28. The number of fused-ring (bicyclic) bond motifs is 5. The quantitative estimate of drug-likeness (QED) is 0.408. The molecule has 0 fully saturated rings. The summed E-state index contributed by atoms with van der Waals surface area (Å²) in [5, 5.41) is 0. The summed E-state index contributed by atoms with van der Waals surface area (Å²) in [6, 6.07) is 0. The van der Waals surface area contributed by atoms with Gasteiger partial charge in [0.1, 0.15) is 17.1 Å². The van der Waals surface area contributed by atoms with E-state index in [1.807, 2.05) is 0 Å². The molecule has 0 aromatic carbocycles. The molecule has 0 saturated heterocycles. The van der Waals surface area contributed by atoms with Crippen LogP contribution in [-0.2, 0) is 6.42 Å². The van der Waals surface area contributed by atoms with E-state index in [1.165, 1.54) is 0 Å². The van der Waals surface area contributed by atoms with Crippen LogP contribution in [0.1, 0.15) is 11.4 Å². The average molecular weight is 212 g/mol. The van der Waals surface area contributed by atoms with Crippen LogP contribution in [0.15, 0.2) is 19.0 Å². The van der Waals surface area contributed by atoms with E-state index in [4.69, 9.17) is 0 Å². The normalized spacial score (nSPS) is 12.8. The van der Waals surface area contributed by atoms with Crippen molar-refractivity contribution < 1.29 is 0 Å². The summed E-state index contributed by atoms with van der Waals surface area (Å²) in [5.74, 6) is 0. The number of aromatic nitrogens is 6. The summed E-state index contributed by atoms with van der Waals surface area (Å²) in [4.78, 5) is 22.4. The van der Waals surface area contributed by atoms with Crippen molar-refractivity contribution in [2.24, 2.45) is 0 Å². The zero-order valence-electron chi connectivity index (χ0n) is 8.28. The molecule has 0 atom stereocenters. The summed E-state index contributed by atoms with van der Waals surface area (Å²) >= 11 is 0. The van der Waals surface area contributed by atoms with Crippen LogP contribution in [0.5, 0.6) is 0 Å². The first-order valence-corrected chi connectivity index (χ1v) is 5.02. The summed E-state index contributed by atoms with van der Waals surface area (Å²) in [6.07, 6.45) is 5.85. The van der Waals surface area contributed by atoms with Gasteiger partial charge in [0.05, 0.1) is 36.1 Å². The van der Waals surface area contributed by atoms with E-state index in [2.05, 4.69) is 29.9 Å². The fraction of sp³-hybridized carbons (Fsp3) is 0.100. The lowest BCUT2D eigenvalue weighted by molar-refractivity contribution is 1.06. The van der Waals surface area contributed by atoms with Gasteiger partial charge in [-0.3, -0.25) is 0 Å². The number of hydrogen-bond donors (Lipinski definition) is 3. The van der Waals surface area contributed by atoms with Crippen molar-refractivity contribution in [2.45, 2.75) is 6.42 Å². The molecule has 78 valence electrons. The molecule has 3 aromatic rings. The van der Waals surface area contributed by atoms with Gasteiger partial charge in [0, 0.05) is 6.42 Å². The first kappa shape index (κ1) is 7.86. The lowest BCUT2D eigenvalue weighted by atomic mass is 10.2. The number of imidazole rings is 3. The molecule has 16 heavy (non-hydrogen) atoms. The molecule has 0 radical (unpaired) electrons. The average Bonchev–Trinajstić information content (AvgIpc) is 2.97. The predicted molar refractivity (Wildman–Crippen MR) is 56.6 cm³/mol. The first-order valence-electron chi connectivity index (χ1n) is 5.02. The number of nitrogens with zero attached hydrogens (tertiary/aromatic N) is 3. The second-order valence-electron chi connectivity index (χ2n) is 3.76. The minimum atomic E-state index is 0.773. The van der Waals surface area contributed by atoms with Crippen LogP contribution in [0.2, 0.25) is 0 Å². The SMILES string of the molecule is c1nc2c([nH]1)Cc1[nH]cnc1-c1[nH]cnc1-2. The van der Waals surface area contributed by atoms with Gasteiger partial charge in [0.15, 0.2) is 0 Å². The van der Waals surface area contributed by atoms with Crippen LogP contribution >= 0.6 is 0 Å². The fourth-order valence-corrected chi connectivity index (χ4v) is 2.16. The Morgan fingerprint density at radius 1 is 0.750 bits per heavy atom. The highest BCUT2D eigenvalue weighted by Gasteiger charge is 2.24. The van der Waals surface area contributed by atoms with E-state index < -0.39 is 0 Å². The molecule has 0 unspecified atom stereocenters. The summed E-state index contributed by atoms with van der Waals surface area (Å²) in [7, 11) is 0. The zero-order valence-corrected chi connectivity index (χ0v) is 8.28. The molecule has 6 nitrogen and oxygen atoms in total. The smallest absolute Gasteiger partial charge is 0.118 e. The maximum Gasteiger partial charge on any atom is 0.118 e. The van der Waals surface area contributed by atoms with Gasteiger partial charge in [0.2, 0.25) is 0 Å². The minimum absolute atomic E-state index is 0.773. The highest BCUT2D eigenvalue weighted by molar-refractivity contribution is 5.78. The van der Waals surface area contributed by atoms with Crippen LogP contribution in [0.3, 0.4) is 0 Å². The lowest BCUT2D eigenvalue weighted by Gasteiger charge is -1.95. The number of hydrogen-bond acceptors (Lipinski definition) is 3. The Morgan fingerprint density at radius 3 is 2.25 bits per heavy atom. The van der Waals surface area contributed by atoms with Crippen molar-refractivity contribution in [3.8, 4) is 22.8 Å². The molecule has 0 aliphatic heterocycles. The van der Waals surface area contributed by atoms with Crippen LogP contribution < -0.4 is 0 Å². The zero-order chi connectivity index (χ0) is 10.5. The molecule has 0 saturated carbocycles. The van der Waals surface area contributed by atoms with E-state index in [0.717, 1.165) is 40.6 Å². The molecule has 4 rings (SSSR count). The Bertz CT molecular complexity index is 603. The summed E-state index contributed by atoms with van der Waals surface area (Å²) in [6.45, 7) is 0. The van der Waals surface area contributed by atoms with Gasteiger partial charge in [0.25, 0.3) is 0 Å². The molecule has 3 aromatic heterocycles. The van der Waals surface area contributed by atoms with E-state index in [-0.39, 0.29) is 0 Å². The van der Waals surface area contributed by atoms with E-state index >= 15 is 0 Å². The predicted octanol–water partition coefficient (Wildman–Crippen LogP) is 1.09. The Labute approximate surface area is 90.2 Å². The van der Waals surface area contributed by atoms with Gasteiger partial charge in [-0.15, -0.1) is 0 Å². The third-order valence-corrected chi connectivity index (χ3v) is 2.89. The summed E-state index contributed by atoms with van der Waals surface area (Å²) < 4.78 is 0. The van der Waals surface area contributed by atoms with E-state index in [1.54, 1.807) is 19.0 Å². The molecular weight excluding hydrogens is 204 g/mol. The maximum absolute atomic E-state index is 4.32. The molecule has 0 bridgehead atoms. The standard InChI is InChI=1S/C10H8N6/c1-5-7(13-2-11-5)9-10(16-4-15-9)8-6(1)12-3-14-8/h2-4H,1H2,(H,11,13)(H,12,14)(H,15,16). The molecule has 3 heterocycles.